The summed E-state index contributed by atoms with van der Waals surface area (Å²) in [7, 11) is 11.6. The second-order valence-corrected chi connectivity index (χ2v) is 9.26. The Bertz CT molecular complexity index is 1450. The number of ether oxygens (including phenoxy) is 2. The van der Waals surface area contributed by atoms with Gasteiger partial charge < -0.3 is 9.47 Å². The zero-order chi connectivity index (χ0) is 26.8. The summed E-state index contributed by atoms with van der Waals surface area (Å²) < 4.78 is 68.4. The maximum atomic E-state index is 13.8. The van der Waals surface area contributed by atoms with E-state index in [4.69, 9.17) is 32.8 Å². The van der Waals surface area contributed by atoms with Crippen molar-refractivity contribution in [3.05, 3.63) is 70.8 Å². The summed E-state index contributed by atoms with van der Waals surface area (Å²) in [6, 6.07) is 11.6. The highest BCUT2D eigenvalue weighted by molar-refractivity contribution is 7.86. The van der Waals surface area contributed by atoms with Crippen LogP contribution >= 0.6 is 0 Å². The van der Waals surface area contributed by atoms with Crippen LogP contribution in [0.5, 0.6) is 5.75 Å². The van der Waals surface area contributed by atoms with Crippen LogP contribution in [0.3, 0.4) is 0 Å². The lowest BCUT2D eigenvalue weighted by Crippen LogP contribution is -2.42. The zero-order valence-corrected chi connectivity index (χ0v) is 19.7. The van der Waals surface area contributed by atoms with Crippen LogP contribution in [0.1, 0.15) is 38.8 Å². The standard InChI is InChI=1S/C23H17B3F2O7S/c1-12(23(27,28)36(31,32)33)34-21(29)17-6-2-5-16-15(17)4-3-7-18(16)22(30)35-20-14(11-25)8-13(10-24)9-19(20)26/h2-9,12H,10-11H2,1H3,(H,31,32,33). The molecular weight excluding hydrogens is 491 g/mol. The predicted molar refractivity (Wildman–Crippen MR) is 131 cm³/mol. The summed E-state index contributed by atoms with van der Waals surface area (Å²) in [5, 5.41) is -4.37. The number of esters is 2. The summed E-state index contributed by atoms with van der Waals surface area (Å²) in [6.07, 6.45) is -2.29. The Morgan fingerprint density at radius 2 is 1.56 bits per heavy atom. The van der Waals surface area contributed by atoms with E-state index in [9.17, 15) is 26.8 Å². The first-order valence-corrected chi connectivity index (χ1v) is 11.9. The first-order valence-electron chi connectivity index (χ1n) is 10.4. The van der Waals surface area contributed by atoms with Gasteiger partial charge in [0.1, 0.15) is 13.6 Å². The maximum Gasteiger partial charge on any atom is 0.405 e. The van der Waals surface area contributed by atoms with Gasteiger partial charge in [0, 0.05) is 0 Å². The van der Waals surface area contributed by atoms with Gasteiger partial charge in [0.05, 0.1) is 26.8 Å². The van der Waals surface area contributed by atoms with Crippen LogP contribution in [0.15, 0.2) is 48.5 Å². The average molecular weight is 508 g/mol. The zero-order valence-electron chi connectivity index (χ0n) is 18.9. The summed E-state index contributed by atoms with van der Waals surface area (Å²) in [5.41, 5.74) is 1.07. The minimum Gasteiger partial charge on any atom is -0.451 e. The van der Waals surface area contributed by atoms with Crippen molar-refractivity contribution >= 4 is 61.8 Å². The van der Waals surface area contributed by atoms with Crippen LogP contribution < -0.4 is 10.2 Å². The minimum absolute atomic E-state index is 0.0125. The normalized spacial score (nSPS) is 12.8. The molecule has 3 aromatic rings. The maximum absolute atomic E-state index is 13.8. The fraction of sp³-hybridized carbons (Fsp3) is 0.217. The fourth-order valence-electron chi connectivity index (χ4n) is 3.49. The number of hydrogen-bond acceptors (Lipinski definition) is 6. The molecule has 6 radical (unpaired) electrons. The number of halogens is 2. The molecule has 0 aliphatic heterocycles. The number of carbonyl (C=O) groups excluding carboxylic acids is 2. The van der Waals surface area contributed by atoms with Crippen molar-refractivity contribution in [1.29, 1.82) is 0 Å². The van der Waals surface area contributed by atoms with E-state index >= 15 is 0 Å². The van der Waals surface area contributed by atoms with Gasteiger partial charge in [-0.05, 0) is 35.4 Å². The Hall–Kier alpha value is -3.18. The van der Waals surface area contributed by atoms with Gasteiger partial charge in [-0.2, -0.15) is 17.2 Å². The van der Waals surface area contributed by atoms with Gasteiger partial charge >= 0.3 is 27.3 Å². The van der Waals surface area contributed by atoms with E-state index in [-0.39, 0.29) is 45.8 Å². The lowest BCUT2D eigenvalue weighted by molar-refractivity contribution is -0.0548. The van der Waals surface area contributed by atoms with Crippen molar-refractivity contribution in [2.75, 3.05) is 0 Å². The smallest absolute Gasteiger partial charge is 0.405 e. The Morgan fingerprint density at radius 3 is 2.06 bits per heavy atom. The molecule has 3 rings (SSSR count). The van der Waals surface area contributed by atoms with Gasteiger partial charge in [-0.25, -0.2) is 9.59 Å². The van der Waals surface area contributed by atoms with Gasteiger partial charge in [-0.1, -0.05) is 60.1 Å². The molecule has 0 aliphatic rings. The Labute approximate surface area is 210 Å². The molecule has 1 unspecified atom stereocenters. The number of fused-ring (bicyclic) bond motifs is 1. The molecule has 180 valence electrons. The molecule has 36 heavy (non-hydrogen) atoms. The highest BCUT2D eigenvalue weighted by atomic mass is 32.2. The van der Waals surface area contributed by atoms with Crippen molar-refractivity contribution < 1.29 is 40.8 Å². The van der Waals surface area contributed by atoms with Crippen LogP contribution in [0.4, 0.5) is 8.78 Å². The number of benzene rings is 3. The topological polar surface area (TPSA) is 107 Å². The molecule has 0 amide bonds. The number of rotatable bonds is 8. The SMILES string of the molecule is [B]Cc1cc([B])c(OC(=O)c2cccc3c(C(=O)OC(C)C(F)(F)S(=O)(=O)O)cccc23)c(C[B])c1. The predicted octanol–water partition coefficient (Wildman–Crippen LogP) is 2.22. The molecule has 0 fully saturated rings. The summed E-state index contributed by atoms with van der Waals surface area (Å²) >= 11 is 0. The number of carbonyl (C=O) groups is 2. The van der Waals surface area contributed by atoms with Gasteiger partial charge in [-0.15, -0.1) is 0 Å². The first-order chi connectivity index (χ1) is 16.8. The molecule has 0 bridgehead atoms. The lowest BCUT2D eigenvalue weighted by Gasteiger charge is -2.21. The summed E-state index contributed by atoms with van der Waals surface area (Å²) in [6.45, 7) is 0.620. The lowest BCUT2D eigenvalue weighted by atomic mass is 9.83. The molecule has 0 spiro atoms. The average Bonchev–Trinajstić information content (AvgIpc) is 2.83. The van der Waals surface area contributed by atoms with Crippen molar-refractivity contribution in [1.82, 2.24) is 0 Å². The molecule has 1 atom stereocenters. The molecule has 0 saturated heterocycles. The highest BCUT2D eigenvalue weighted by Gasteiger charge is 2.52. The van der Waals surface area contributed by atoms with Crippen LogP contribution in [0.2, 0.25) is 0 Å². The van der Waals surface area contributed by atoms with E-state index in [1.165, 1.54) is 36.4 Å². The van der Waals surface area contributed by atoms with Crippen molar-refractivity contribution in [3.63, 3.8) is 0 Å². The third-order valence-electron chi connectivity index (χ3n) is 5.37. The van der Waals surface area contributed by atoms with Gasteiger partial charge in [0.25, 0.3) is 0 Å². The second-order valence-electron chi connectivity index (χ2n) is 7.76. The molecule has 1 N–H and O–H groups in total. The summed E-state index contributed by atoms with van der Waals surface area (Å²) in [4.78, 5) is 25.7. The van der Waals surface area contributed by atoms with E-state index in [1.54, 1.807) is 12.1 Å². The van der Waals surface area contributed by atoms with E-state index < -0.39 is 33.4 Å². The molecule has 0 aliphatic carbocycles. The van der Waals surface area contributed by atoms with Gasteiger partial charge in [-0.3, -0.25) is 4.55 Å². The molecule has 13 heteroatoms. The van der Waals surface area contributed by atoms with Crippen LogP contribution in [-0.2, 0) is 27.5 Å². The Morgan fingerprint density at radius 1 is 1.00 bits per heavy atom. The molecule has 0 heterocycles. The first kappa shape index (κ1) is 27.4. The quantitative estimate of drug-likeness (QED) is 0.216. The highest BCUT2D eigenvalue weighted by Crippen LogP contribution is 2.30. The van der Waals surface area contributed by atoms with E-state index in [0.29, 0.717) is 18.1 Å². The molecule has 0 aromatic heterocycles. The Kier molecular flexibility index (Phi) is 7.95. The van der Waals surface area contributed by atoms with Crippen molar-refractivity contribution in [2.24, 2.45) is 0 Å². The molecule has 7 nitrogen and oxygen atoms in total. The second kappa shape index (κ2) is 10.4. The molecule has 3 aromatic carbocycles. The van der Waals surface area contributed by atoms with Crippen molar-refractivity contribution in [2.45, 2.75) is 30.9 Å². The van der Waals surface area contributed by atoms with Gasteiger partial charge in [0.15, 0.2) is 6.10 Å². The molecular formula is C23H17B3F2O7S. The van der Waals surface area contributed by atoms with E-state index in [1.807, 2.05) is 0 Å². The summed E-state index contributed by atoms with van der Waals surface area (Å²) in [5.74, 6) is -2.08. The minimum atomic E-state index is -5.83. The number of hydrogen-bond donors (Lipinski definition) is 1. The van der Waals surface area contributed by atoms with Crippen LogP contribution in [-0.4, -0.2) is 59.8 Å². The van der Waals surface area contributed by atoms with Crippen LogP contribution in [0.25, 0.3) is 10.8 Å². The van der Waals surface area contributed by atoms with Gasteiger partial charge in [0.2, 0.25) is 0 Å². The van der Waals surface area contributed by atoms with Crippen LogP contribution in [0, 0.1) is 0 Å². The monoisotopic (exact) mass is 508 g/mol. The van der Waals surface area contributed by atoms with E-state index in [2.05, 4.69) is 4.74 Å². The van der Waals surface area contributed by atoms with E-state index in [0.717, 1.165) is 0 Å². The number of alkyl halides is 2. The Balaban J connectivity index is 1.98. The fourth-order valence-corrected chi connectivity index (χ4v) is 3.96. The third kappa shape index (κ3) is 5.32. The van der Waals surface area contributed by atoms with Crippen molar-refractivity contribution in [3.8, 4) is 5.75 Å². The largest absolute Gasteiger partial charge is 0.451 e. The third-order valence-corrected chi connectivity index (χ3v) is 6.39. The molecule has 0 saturated carbocycles.